The summed E-state index contributed by atoms with van der Waals surface area (Å²) in [5, 5.41) is 22.5. The van der Waals surface area contributed by atoms with E-state index in [2.05, 4.69) is 4.90 Å². The van der Waals surface area contributed by atoms with Gasteiger partial charge in [0.05, 0.1) is 35.3 Å². The molecule has 9 heteroatoms. The standard InChI is InChI=1S/C26H27N3O6/c30-22(12-11-19-7-2-1-3-8-19)23-24(20-9-4-5-10-21(20)29(33)34)28(26(32)25(23)31)14-6-13-27-15-17-35-18-16-27/h1-5,7-12,24,31H,6,13-18H2. The summed E-state index contributed by atoms with van der Waals surface area (Å²) in [5.41, 5.74) is 0.603. The first-order chi connectivity index (χ1) is 17.0. The molecule has 2 aromatic carbocycles. The molecule has 1 amide bonds. The number of aliphatic hydroxyl groups excluding tert-OH is 1. The van der Waals surface area contributed by atoms with Gasteiger partial charge in [0.2, 0.25) is 0 Å². The molecule has 1 atom stereocenters. The van der Waals surface area contributed by atoms with Crippen LogP contribution in [0, 0.1) is 10.1 Å². The molecule has 35 heavy (non-hydrogen) atoms. The average Bonchev–Trinajstić information content (AvgIpc) is 3.13. The zero-order valence-electron chi connectivity index (χ0n) is 19.2. The number of rotatable bonds is 9. The number of benzene rings is 2. The quantitative estimate of drug-likeness (QED) is 0.335. The van der Waals surface area contributed by atoms with Crippen molar-refractivity contribution in [3.05, 3.63) is 93.2 Å². The maximum atomic E-state index is 13.2. The van der Waals surface area contributed by atoms with Gasteiger partial charge in [-0.25, -0.2) is 0 Å². The number of nitro benzene ring substituents is 1. The van der Waals surface area contributed by atoms with Crippen molar-refractivity contribution in [3.63, 3.8) is 0 Å². The molecule has 2 aliphatic rings. The number of hydrogen-bond acceptors (Lipinski definition) is 7. The molecule has 0 spiro atoms. The van der Waals surface area contributed by atoms with E-state index in [-0.39, 0.29) is 23.4 Å². The second kappa shape index (κ2) is 11.1. The molecule has 1 fully saturated rings. The fourth-order valence-electron chi connectivity index (χ4n) is 4.46. The van der Waals surface area contributed by atoms with Crippen molar-refractivity contribution in [2.24, 2.45) is 0 Å². The highest BCUT2D eigenvalue weighted by Crippen LogP contribution is 2.41. The van der Waals surface area contributed by atoms with Crippen LogP contribution in [0.5, 0.6) is 0 Å². The number of carbonyl (C=O) groups is 2. The van der Waals surface area contributed by atoms with E-state index in [9.17, 15) is 24.8 Å². The number of nitrogens with zero attached hydrogens (tertiary/aromatic N) is 3. The minimum absolute atomic E-state index is 0.150. The molecule has 2 heterocycles. The number of allylic oxidation sites excluding steroid dienone is 1. The number of morpholine rings is 1. The number of para-hydroxylation sites is 1. The van der Waals surface area contributed by atoms with E-state index in [0.29, 0.717) is 26.2 Å². The molecule has 2 aromatic rings. The highest BCUT2D eigenvalue weighted by Gasteiger charge is 2.44. The monoisotopic (exact) mass is 477 g/mol. The van der Waals surface area contributed by atoms with Crippen molar-refractivity contribution in [2.75, 3.05) is 39.4 Å². The number of ketones is 1. The van der Waals surface area contributed by atoms with Gasteiger partial charge in [0.15, 0.2) is 11.5 Å². The van der Waals surface area contributed by atoms with E-state index in [1.807, 2.05) is 30.3 Å². The summed E-state index contributed by atoms with van der Waals surface area (Å²) in [6.45, 7) is 3.81. The SMILES string of the molecule is O=C(C=Cc1ccccc1)C1=C(O)C(=O)N(CCCN2CCOCC2)C1c1ccccc1[N+](=O)[O-]. The molecular weight excluding hydrogens is 450 g/mol. The number of nitro groups is 1. The Morgan fingerprint density at radius 3 is 2.49 bits per heavy atom. The van der Waals surface area contributed by atoms with Crippen LogP contribution < -0.4 is 0 Å². The predicted molar refractivity (Wildman–Crippen MR) is 130 cm³/mol. The van der Waals surface area contributed by atoms with E-state index in [0.717, 1.165) is 18.7 Å². The van der Waals surface area contributed by atoms with Crippen molar-refractivity contribution in [2.45, 2.75) is 12.5 Å². The maximum Gasteiger partial charge on any atom is 0.290 e. The van der Waals surface area contributed by atoms with Gasteiger partial charge in [-0.1, -0.05) is 48.5 Å². The van der Waals surface area contributed by atoms with E-state index in [1.54, 1.807) is 12.1 Å². The van der Waals surface area contributed by atoms with Crippen molar-refractivity contribution < 1.29 is 24.4 Å². The molecule has 182 valence electrons. The zero-order chi connectivity index (χ0) is 24.8. The van der Waals surface area contributed by atoms with Gasteiger partial charge in [-0.05, 0) is 24.1 Å². The third kappa shape index (κ3) is 5.47. The molecule has 4 rings (SSSR count). The third-order valence-electron chi connectivity index (χ3n) is 6.20. The minimum Gasteiger partial charge on any atom is -0.503 e. The van der Waals surface area contributed by atoms with Gasteiger partial charge >= 0.3 is 0 Å². The normalized spacial score (nSPS) is 19.0. The van der Waals surface area contributed by atoms with Crippen LogP contribution >= 0.6 is 0 Å². The van der Waals surface area contributed by atoms with Gasteiger partial charge in [-0.3, -0.25) is 24.6 Å². The lowest BCUT2D eigenvalue weighted by Gasteiger charge is -2.29. The van der Waals surface area contributed by atoms with Crippen LogP contribution in [0.15, 0.2) is 72.0 Å². The Morgan fingerprint density at radius 2 is 1.77 bits per heavy atom. The summed E-state index contributed by atoms with van der Waals surface area (Å²) in [7, 11) is 0. The molecule has 0 radical (unpaired) electrons. The molecule has 2 aliphatic heterocycles. The molecule has 0 aromatic heterocycles. The topological polar surface area (TPSA) is 113 Å². The first kappa shape index (κ1) is 24.3. The van der Waals surface area contributed by atoms with Crippen LogP contribution in [0.2, 0.25) is 0 Å². The summed E-state index contributed by atoms with van der Waals surface area (Å²) in [6, 6.07) is 14.1. The Hall–Kier alpha value is -3.82. The van der Waals surface area contributed by atoms with Crippen LogP contribution in [0.3, 0.4) is 0 Å². The zero-order valence-corrected chi connectivity index (χ0v) is 19.2. The lowest BCUT2D eigenvalue weighted by atomic mass is 9.94. The van der Waals surface area contributed by atoms with E-state index < -0.39 is 28.4 Å². The number of aliphatic hydroxyl groups is 1. The average molecular weight is 478 g/mol. The number of amides is 1. The Kier molecular flexibility index (Phi) is 7.69. The third-order valence-corrected chi connectivity index (χ3v) is 6.20. The molecule has 9 nitrogen and oxygen atoms in total. The highest BCUT2D eigenvalue weighted by molar-refractivity contribution is 6.14. The molecule has 0 bridgehead atoms. The lowest BCUT2D eigenvalue weighted by molar-refractivity contribution is -0.385. The molecule has 0 aliphatic carbocycles. The minimum atomic E-state index is -1.05. The van der Waals surface area contributed by atoms with Gasteiger partial charge in [0, 0.05) is 32.2 Å². The van der Waals surface area contributed by atoms with Crippen LogP contribution in [0.4, 0.5) is 5.69 Å². The van der Waals surface area contributed by atoms with Gasteiger partial charge in [0.1, 0.15) is 0 Å². The van der Waals surface area contributed by atoms with Gasteiger partial charge < -0.3 is 14.7 Å². The highest BCUT2D eigenvalue weighted by atomic mass is 16.6. The second-order valence-electron chi connectivity index (χ2n) is 8.40. The molecule has 1 unspecified atom stereocenters. The smallest absolute Gasteiger partial charge is 0.290 e. The first-order valence-corrected chi connectivity index (χ1v) is 11.5. The molecular formula is C26H27N3O6. The number of ether oxygens (including phenoxy) is 1. The van der Waals surface area contributed by atoms with Crippen LogP contribution in [-0.4, -0.2) is 70.9 Å². The lowest BCUT2D eigenvalue weighted by Crippen LogP contribution is -2.39. The Labute approximate surface area is 203 Å². The van der Waals surface area contributed by atoms with Crippen LogP contribution in [0.1, 0.15) is 23.6 Å². The fourth-order valence-corrected chi connectivity index (χ4v) is 4.46. The van der Waals surface area contributed by atoms with E-state index >= 15 is 0 Å². The molecule has 1 N–H and O–H groups in total. The summed E-state index contributed by atoms with van der Waals surface area (Å²) in [6.07, 6.45) is 3.45. The largest absolute Gasteiger partial charge is 0.503 e. The number of hydrogen-bond donors (Lipinski definition) is 1. The number of carbonyl (C=O) groups excluding carboxylic acids is 2. The summed E-state index contributed by atoms with van der Waals surface area (Å²) in [5.74, 6) is -1.94. The Balaban J connectivity index is 1.64. The predicted octanol–water partition coefficient (Wildman–Crippen LogP) is 3.30. The molecule has 0 saturated carbocycles. The van der Waals surface area contributed by atoms with Gasteiger partial charge in [-0.2, -0.15) is 0 Å². The van der Waals surface area contributed by atoms with Crippen molar-refractivity contribution in [3.8, 4) is 0 Å². The van der Waals surface area contributed by atoms with Gasteiger partial charge in [0.25, 0.3) is 11.6 Å². The van der Waals surface area contributed by atoms with Crippen LogP contribution in [0.25, 0.3) is 6.08 Å². The Bertz CT molecular complexity index is 1150. The van der Waals surface area contributed by atoms with E-state index in [4.69, 9.17) is 4.74 Å². The summed E-state index contributed by atoms with van der Waals surface area (Å²) < 4.78 is 5.36. The fraction of sp³-hybridized carbons (Fsp3) is 0.308. The summed E-state index contributed by atoms with van der Waals surface area (Å²) in [4.78, 5) is 41.1. The van der Waals surface area contributed by atoms with Gasteiger partial charge in [-0.15, -0.1) is 0 Å². The summed E-state index contributed by atoms with van der Waals surface area (Å²) >= 11 is 0. The Morgan fingerprint density at radius 1 is 1.09 bits per heavy atom. The first-order valence-electron chi connectivity index (χ1n) is 11.5. The maximum absolute atomic E-state index is 13.2. The van der Waals surface area contributed by atoms with Crippen molar-refractivity contribution in [1.82, 2.24) is 9.80 Å². The van der Waals surface area contributed by atoms with Crippen LogP contribution in [-0.2, 0) is 14.3 Å². The van der Waals surface area contributed by atoms with Crippen molar-refractivity contribution >= 4 is 23.5 Å². The second-order valence-corrected chi connectivity index (χ2v) is 8.40. The van der Waals surface area contributed by atoms with E-state index in [1.165, 1.54) is 29.2 Å². The molecule has 1 saturated heterocycles. The van der Waals surface area contributed by atoms with Crippen molar-refractivity contribution in [1.29, 1.82) is 0 Å².